The van der Waals surface area contributed by atoms with Gasteiger partial charge in [0.05, 0.1) is 6.61 Å². The minimum absolute atomic E-state index is 0.626. The van der Waals surface area contributed by atoms with Gasteiger partial charge in [0.1, 0.15) is 0 Å². The normalized spacial score (nSPS) is 15.9. The van der Waals surface area contributed by atoms with Crippen molar-refractivity contribution in [3.8, 4) is 5.88 Å². The molecule has 1 aromatic rings. The van der Waals surface area contributed by atoms with Crippen molar-refractivity contribution < 1.29 is 4.74 Å². The standard InChI is InChI=1S/C14H24N4O/c1-3-19-13-8-9-15-14(17-13)16-10-11-18(2)12-6-4-5-7-12/h8-9,12H,3-7,10-11H2,1-2H3,(H,15,16,17). The third kappa shape index (κ3) is 4.35. The molecule has 0 bridgehead atoms. The van der Waals surface area contributed by atoms with E-state index in [-0.39, 0.29) is 0 Å². The summed E-state index contributed by atoms with van der Waals surface area (Å²) in [5.41, 5.74) is 0. The van der Waals surface area contributed by atoms with Gasteiger partial charge in [-0.2, -0.15) is 4.98 Å². The number of ether oxygens (including phenoxy) is 1. The smallest absolute Gasteiger partial charge is 0.225 e. The minimum Gasteiger partial charge on any atom is -0.478 e. The maximum absolute atomic E-state index is 5.35. The van der Waals surface area contributed by atoms with Crippen molar-refractivity contribution in [2.24, 2.45) is 0 Å². The SMILES string of the molecule is CCOc1ccnc(NCCN(C)C2CCCC2)n1. The Bertz CT molecular complexity index is 379. The predicted octanol–water partition coefficient (Wildman–Crippen LogP) is 2.16. The van der Waals surface area contributed by atoms with E-state index in [0.29, 0.717) is 18.4 Å². The molecule has 5 heteroatoms. The van der Waals surface area contributed by atoms with Gasteiger partial charge in [0.25, 0.3) is 0 Å². The van der Waals surface area contributed by atoms with Crippen molar-refractivity contribution in [1.82, 2.24) is 14.9 Å². The van der Waals surface area contributed by atoms with E-state index >= 15 is 0 Å². The van der Waals surface area contributed by atoms with E-state index in [1.165, 1.54) is 25.7 Å². The molecule has 0 saturated heterocycles. The molecule has 0 atom stereocenters. The van der Waals surface area contributed by atoms with Gasteiger partial charge in [-0.1, -0.05) is 12.8 Å². The summed E-state index contributed by atoms with van der Waals surface area (Å²) in [6, 6.07) is 2.54. The molecule has 0 spiro atoms. The lowest BCUT2D eigenvalue weighted by atomic mass is 10.2. The highest BCUT2D eigenvalue weighted by Crippen LogP contribution is 2.21. The number of anilines is 1. The van der Waals surface area contributed by atoms with Gasteiger partial charge in [-0.15, -0.1) is 0 Å². The van der Waals surface area contributed by atoms with Crippen LogP contribution in [0.1, 0.15) is 32.6 Å². The largest absolute Gasteiger partial charge is 0.478 e. The Morgan fingerprint density at radius 2 is 2.21 bits per heavy atom. The van der Waals surface area contributed by atoms with Crippen molar-refractivity contribution in [1.29, 1.82) is 0 Å². The number of nitrogens with one attached hydrogen (secondary N) is 1. The van der Waals surface area contributed by atoms with Gasteiger partial charge in [-0.05, 0) is 26.8 Å². The zero-order chi connectivity index (χ0) is 13.5. The van der Waals surface area contributed by atoms with E-state index in [1.54, 1.807) is 12.3 Å². The Kier molecular flexibility index (Phi) is 5.39. The van der Waals surface area contributed by atoms with E-state index in [0.717, 1.165) is 19.1 Å². The first kappa shape index (κ1) is 14.1. The summed E-state index contributed by atoms with van der Waals surface area (Å²) in [7, 11) is 2.20. The molecule has 1 aromatic heterocycles. The number of hydrogen-bond acceptors (Lipinski definition) is 5. The number of likely N-dealkylation sites (N-methyl/N-ethyl adjacent to an activating group) is 1. The van der Waals surface area contributed by atoms with Crippen LogP contribution in [0.15, 0.2) is 12.3 Å². The maximum Gasteiger partial charge on any atom is 0.225 e. The second kappa shape index (κ2) is 7.28. The molecule has 1 fully saturated rings. The molecule has 106 valence electrons. The summed E-state index contributed by atoms with van der Waals surface area (Å²) in [6.07, 6.45) is 7.16. The summed E-state index contributed by atoms with van der Waals surface area (Å²) in [5, 5.41) is 3.25. The molecule has 2 rings (SSSR count). The van der Waals surface area contributed by atoms with Crippen molar-refractivity contribution in [2.45, 2.75) is 38.6 Å². The van der Waals surface area contributed by atoms with Crippen molar-refractivity contribution in [3.05, 3.63) is 12.3 Å². The van der Waals surface area contributed by atoms with E-state index in [1.807, 2.05) is 6.92 Å². The second-order valence-electron chi connectivity index (χ2n) is 5.00. The fourth-order valence-corrected chi connectivity index (χ4v) is 2.53. The van der Waals surface area contributed by atoms with Crippen LogP contribution >= 0.6 is 0 Å². The lowest BCUT2D eigenvalue weighted by Crippen LogP contribution is -2.33. The van der Waals surface area contributed by atoms with Gasteiger partial charge in [0.15, 0.2) is 0 Å². The van der Waals surface area contributed by atoms with Crippen molar-refractivity contribution in [2.75, 3.05) is 32.1 Å². The quantitative estimate of drug-likeness (QED) is 0.818. The van der Waals surface area contributed by atoms with Gasteiger partial charge in [0, 0.05) is 31.4 Å². The van der Waals surface area contributed by atoms with Crippen LogP contribution < -0.4 is 10.1 Å². The van der Waals surface area contributed by atoms with Gasteiger partial charge >= 0.3 is 0 Å². The molecule has 0 amide bonds. The van der Waals surface area contributed by atoms with Crippen LogP contribution in [-0.2, 0) is 0 Å². The molecule has 1 aliphatic carbocycles. The van der Waals surface area contributed by atoms with Crippen LogP contribution in [-0.4, -0.2) is 47.7 Å². The van der Waals surface area contributed by atoms with Crippen LogP contribution in [0.5, 0.6) is 5.88 Å². The molecule has 0 unspecified atom stereocenters. The highest BCUT2D eigenvalue weighted by atomic mass is 16.5. The molecule has 1 heterocycles. The molecule has 0 radical (unpaired) electrons. The van der Waals surface area contributed by atoms with E-state index in [9.17, 15) is 0 Å². The lowest BCUT2D eigenvalue weighted by Gasteiger charge is -2.23. The van der Waals surface area contributed by atoms with Crippen molar-refractivity contribution >= 4 is 5.95 Å². The minimum atomic E-state index is 0.626. The van der Waals surface area contributed by atoms with Crippen LogP contribution in [0.3, 0.4) is 0 Å². The average molecular weight is 264 g/mol. The summed E-state index contributed by atoms with van der Waals surface area (Å²) >= 11 is 0. The van der Waals surface area contributed by atoms with Gasteiger partial charge < -0.3 is 15.0 Å². The van der Waals surface area contributed by atoms with Gasteiger partial charge in [0.2, 0.25) is 11.8 Å². The molecular weight excluding hydrogens is 240 g/mol. The lowest BCUT2D eigenvalue weighted by molar-refractivity contribution is 0.254. The molecular formula is C14H24N4O. The fourth-order valence-electron chi connectivity index (χ4n) is 2.53. The monoisotopic (exact) mass is 264 g/mol. The van der Waals surface area contributed by atoms with Crippen LogP contribution in [0.2, 0.25) is 0 Å². The number of nitrogens with zero attached hydrogens (tertiary/aromatic N) is 3. The maximum atomic E-state index is 5.35. The Morgan fingerprint density at radius 1 is 1.42 bits per heavy atom. The number of aromatic nitrogens is 2. The molecule has 0 aromatic carbocycles. The van der Waals surface area contributed by atoms with E-state index in [2.05, 4.69) is 27.2 Å². The Balaban J connectivity index is 1.73. The van der Waals surface area contributed by atoms with Crippen LogP contribution in [0.4, 0.5) is 5.95 Å². The number of hydrogen-bond donors (Lipinski definition) is 1. The average Bonchev–Trinajstić information content (AvgIpc) is 2.93. The highest BCUT2D eigenvalue weighted by molar-refractivity contribution is 5.27. The molecule has 1 N–H and O–H groups in total. The summed E-state index contributed by atoms with van der Waals surface area (Å²) in [4.78, 5) is 10.9. The zero-order valence-corrected chi connectivity index (χ0v) is 11.9. The summed E-state index contributed by atoms with van der Waals surface area (Å²) < 4.78 is 5.35. The Morgan fingerprint density at radius 3 is 2.95 bits per heavy atom. The first-order valence-electron chi connectivity index (χ1n) is 7.19. The summed E-state index contributed by atoms with van der Waals surface area (Å²) in [5.74, 6) is 1.27. The molecule has 1 aliphatic rings. The third-order valence-corrected chi connectivity index (χ3v) is 3.62. The molecule has 19 heavy (non-hydrogen) atoms. The van der Waals surface area contributed by atoms with Crippen molar-refractivity contribution in [3.63, 3.8) is 0 Å². The Hall–Kier alpha value is -1.36. The fraction of sp³-hybridized carbons (Fsp3) is 0.714. The Labute approximate surface area is 115 Å². The van der Waals surface area contributed by atoms with Crippen LogP contribution in [0.25, 0.3) is 0 Å². The van der Waals surface area contributed by atoms with E-state index < -0.39 is 0 Å². The van der Waals surface area contributed by atoms with Gasteiger partial charge in [-0.25, -0.2) is 4.98 Å². The van der Waals surface area contributed by atoms with E-state index in [4.69, 9.17) is 4.74 Å². The first-order chi connectivity index (χ1) is 9.29. The topological polar surface area (TPSA) is 50.3 Å². The molecule has 5 nitrogen and oxygen atoms in total. The zero-order valence-electron chi connectivity index (χ0n) is 11.9. The third-order valence-electron chi connectivity index (χ3n) is 3.62. The summed E-state index contributed by atoms with van der Waals surface area (Å²) in [6.45, 7) is 4.46. The molecule has 1 saturated carbocycles. The first-order valence-corrected chi connectivity index (χ1v) is 7.19. The van der Waals surface area contributed by atoms with Crippen LogP contribution in [0, 0.1) is 0 Å². The van der Waals surface area contributed by atoms with Gasteiger partial charge in [-0.3, -0.25) is 0 Å². The highest BCUT2D eigenvalue weighted by Gasteiger charge is 2.18. The number of rotatable bonds is 7. The second-order valence-corrected chi connectivity index (χ2v) is 5.00. The molecule has 0 aliphatic heterocycles. The predicted molar refractivity (Wildman–Crippen MR) is 76.6 cm³/mol.